The van der Waals surface area contributed by atoms with E-state index in [4.69, 9.17) is 16.4 Å². The van der Waals surface area contributed by atoms with E-state index in [0.29, 0.717) is 17.5 Å². The van der Waals surface area contributed by atoms with E-state index in [1.54, 1.807) is 12.1 Å². The minimum absolute atomic E-state index is 0.159. The molecule has 3 aliphatic rings. The van der Waals surface area contributed by atoms with Crippen molar-refractivity contribution in [1.29, 1.82) is 0 Å². The Labute approximate surface area is 211 Å². The van der Waals surface area contributed by atoms with Crippen molar-refractivity contribution in [2.75, 3.05) is 18.0 Å². The van der Waals surface area contributed by atoms with Crippen LogP contribution in [0.25, 0.3) is 16.0 Å². The lowest BCUT2D eigenvalue weighted by Gasteiger charge is -2.36. The lowest BCUT2D eigenvalue weighted by molar-refractivity contribution is -0.120. The average Bonchev–Trinajstić information content (AvgIpc) is 3.66. The zero-order valence-electron chi connectivity index (χ0n) is 20.6. The van der Waals surface area contributed by atoms with Crippen LogP contribution in [0.15, 0.2) is 48.8 Å². The molecule has 2 aliphatic heterocycles. The molecule has 7 heteroatoms. The minimum Gasteiger partial charge on any atom is -0.456 e. The predicted octanol–water partition coefficient (Wildman–Crippen LogP) is 5.90. The Bertz CT molecular complexity index is 1310. The van der Waals surface area contributed by atoms with Crippen LogP contribution in [0.1, 0.15) is 50.6 Å². The van der Waals surface area contributed by atoms with Crippen molar-refractivity contribution in [1.82, 2.24) is 15.1 Å². The van der Waals surface area contributed by atoms with Gasteiger partial charge in [-0.1, -0.05) is 12.1 Å². The first-order valence-corrected chi connectivity index (χ1v) is 13.0. The first kappa shape index (κ1) is 22.8. The first-order valence-electron chi connectivity index (χ1n) is 13.0. The van der Waals surface area contributed by atoms with Crippen LogP contribution in [0.2, 0.25) is 0 Å². The number of anilines is 1. The number of aromatic nitrogens is 2. The van der Waals surface area contributed by atoms with Crippen LogP contribution in [-0.2, 0) is 11.2 Å². The number of benzene rings is 2. The molecule has 3 aromatic rings. The van der Waals surface area contributed by atoms with Crippen LogP contribution >= 0.6 is 0 Å². The average molecular weight is 482 g/mol. The number of nitrogens with one attached hydrogen (secondary N) is 1. The van der Waals surface area contributed by atoms with Crippen molar-refractivity contribution < 1.29 is 9.53 Å². The number of carbonyl (C=O) groups excluding carboxylic acids is 1. The molecule has 1 aliphatic carbocycles. The molecule has 36 heavy (non-hydrogen) atoms. The lowest BCUT2D eigenvalue weighted by Crippen LogP contribution is -2.43. The number of piperidine rings is 1. The normalized spacial score (nSPS) is 20.0. The van der Waals surface area contributed by atoms with Crippen LogP contribution in [0.3, 0.4) is 0 Å². The molecule has 0 spiro atoms. The third kappa shape index (κ3) is 4.27. The van der Waals surface area contributed by atoms with Crippen LogP contribution in [0.5, 0.6) is 11.5 Å². The zero-order valence-corrected chi connectivity index (χ0v) is 20.6. The summed E-state index contributed by atoms with van der Waals surface area (Å²) in [6, 6.07) is 12.0. The molecule has 7 nitrogen and oxygen atoms in total. The van der Waals surface area contributed by atoms with Gasteiger partial charge < -0.3 is 15.0 Å². The van der Waals surface area contributed by atoms with Gasteiger partial charge in [-0.15, -0.1) is 0 Å². The Balaban J connectivity index is 1.43. The predicted molar refractivity (Wildman–Crippen MR) is 140 cm³/mol. The van der Waals surface area contributed by atoms with Gasteiger partial charge in [0.2, 0.25) is 5.91 Å². The van der Waals surface area contributed by atoms with Gasteiger partial charge in [0.25, 0.3) is 0 Å². The second kappa shape index (κ2) is 9.44. The Morgan fingerprint density at radius 1 is 1.08 bits per heavy atom. The second-order valence-corrected chi connectivity index (χ2v) is 10.2. The molecule has 1 saturated carbocycles. The Hall–Kier alpha value is -3.63. The van der Waals surface area contributed by atoms with E-state index >= 15 is 0 Å². The molecular formula is C29H31N5O2. The number of hydrogen-bond donors (Lipinski definition) is 1. The molecule has 0 bridgehead atoms. The van der Waals surface area contributed by atoms with Crippen LogP contribution in [0.4, 0.5) is 11.4 Å². The summed E-state index contributed by atoms with van der Waals surface area (Å²) < 4.78 is 8.66. The fraction of sp³-hybridized carbons (Fsp3) is 0.414. The summed E-state index contributed by atoms with van der Waals surface area (Å²) in [5, 5.41) is 8.14. The smallest absolute Gasteiger partial charge is 0.230 e. The quantitative estimate of drug-likeness (QED) is 0.461. The van der Waals surface area contributed by atoms with Gasteiger partial charge in [-0.05, 0) is 82.8 Å². The summed E-state index contributed by atoms with van der Waals surface area (Å²) in [7, 11) is 0. The van der Waals surface area contributed by atoms with Crippen LogP contribution < -0.4 is 15.0 Å². The maximum absolute atomic E-state index is 13.2. The standard InChI is InChI=1S/C29H31N5O2/c1-19-3-10-26-27(34(19)29(35)20-4-5-20)12-11-25(28(26)36-24-8-6-22(30-2)7-9-24)21-17-32-33(18-21)23-13-15-31-16-14-23/h6-9,11-12,17-20,23,31H,3-5,10,13-16H2,1H3/t19-/m0/s1. The van der Waals surface area contributed by atoms with E-state index in [1.165, 1.54) is 0 Å². The van der Waals surface area contributed by atoms with E-state index in [1.807, 2.05) is 23.2 Å². The summed E-state index contributed by atoms with van der Waals surface area (Å²) >= 11 is 0. The van der Waals surface area contributed by atoms with Crippen LogP contribution in [0, 0.1) is 12.5 Å². The molecule has 2 fully saturated rings. The maximum atomic E-state index is 13.2. The van der Waals surface area contributed by atoms with E-state index in [0.717, 1.165) is 79.7 Å². The highest BCUT2D eigenvalue weighted by Crippen LogP contribution is 2.46. The second-order valence-electron chi connectivity index (χ2n) is 10.2. The van der Waals surface area contributed by atoms with Gasteiger partial charge in [0.15, 0.2) is 5.69 Å². The monoisotopic (exact) mass is 481 g/mol. The van der Waals surface area contributed by atoms with Crippen LogP contribution in [-0.4, -0.2) is 34.8 Å². The number of fused-ring (bicyclic) bond motifs is 1. The van der Waals surface area contributed by atoms with Crippen molar-refractivity contribution in [3.05, 3.63) is 65.8 Å². The molecule has 2 aromatic carbocycles. The Morgan fingerprint density at radius 3 is 2.58 bits per heavy atom. The van der Waals surface area contributed by atoms with Gasteiger partial charge >= 0.3 is 0 Å². The topological polar surface area (TPSA) is 63.8 Å². The zero-order chi connectivity index (χ0) is 24.6. The number of rotatable bonds is 5. The summed E-state index contributed by atoms with van der Waals surface area (Å²) in [5.74, 6) is 1.86. The molecule has 1 saturated heterocycles. The van der Waals surface area contributed by atoms with Gasteiger partial charge in [0, 0.05) is 34.8 Å². The third-order valence-corrected chi connectivity index (χ3v) is 7.69. The largest absolute Gasteiger partial charge is 0.456 e. The Morgan fingerprint density at radius 2 is 1.86 bits per heavy atom. The molecule has 6 rings (SSSR count). The molecule has 184 valence electrons. The SMILES string of the molecule is [C-]#[N+]c1ccc(Oc2c(-c3cnn(C4CCNCC4)c3)ccc3c2CC[C@H](C)N3C(=O)C2CC2)cc1. The highest BCUT2D eigenvalue weighted by atomic mass is 16.5. The molecule has 0 unspecified atom stereocenters. The van der Waals surface area contributed by atoms with Gasteiger partial charge in [0.1, 0.15) is 11.5 Å². The van der Waals surface area contributed by atoms with Crippen molar-refractivity contribution >= 4 is 17.3 Å². The summed E-state index contributed by atoms with van der Waals surface area (Å²) in [5.41, 5.74) is 4.62. The van der Waals surface area contributed by atoms with E-state index in [9.17, 15) is 4.79 Å². The fourth-order valence-corrected chi connectivity index (χ4v) is 5.47. The van der Waals surface area contributed by atoms with Gasteiger partial charge in [-0.25, -0.2) is 4.85 Å². The molecule has 3 heterocycles. The van der Waals surface area contributed by atoms with Crippen molar-refractivity contribution in [3.8, 4) is 22.6 Å². The molecule has 1 N–H and O–H groups in total. The Kier molecular flexibility index (Phi) is 5.98. The van der Waals surface area contributed by atoms with Crippen molar-refractivity contribution in [2.45, 2.75) is 57.5 Å². The summed E-state index contributed by atoms with van der Waals surface area (Å²) in [6.45, 7) is 11.4. The van der Waals surface area contributed by atoms with Gasteiger partial charge in [-0.3, -0.25) is 9.48 Å². The van der Waals surface area contributed by atoms with E-state index in [2.05, 4.69) is 40.1 Å². The van der Waals surface area contributed by atoms with Gasteiger partial charge in [-0.2, -0.15) is 5.10 Å². The molecular weight excluding hydrogens is 450 g/mol. The highest BCUT2D eigenvalue weighted by Gasteiger charge is 2.39. The van der Waals surface area contributed by atoms with Crippen molar-refractivity contribution in [2.24, 2.45) is 5.92 Å². The van der Waals surface area contributed by atoms with Crippen molar-refractivity contribution in [3.63, 3.8) is 0 Å². The maximum Gasteiger partial charge on any atom is 0.230 e. The number of hydrogen-bond acceptors (Lipinski definition) is 4. The molecule has 1 amide bonds. The summed E-state index contributed by atoms with van der Waals surface area (Å²) in [4.78, 5) is 18.7. The third-order valence-electron chi connectivity index (χ3n) is 7.69. The van der Waals surface area contributed by atoms with Gasteiger partial charge in [0.05, 0.1) is 24.5 Å². The number of ether oxygens (including phenoxy) is 1. The fourth-order valence-electron chi connectivity index (χ4n) is 5.47. The molecule has 1 atom stereocenters. The highest BCUT2D eigenvalue weighted by molar-refractivity contribution is 5.99. The first-order chi connectivity index (χ1) is 17.6. The lowest BCUT2D eigenvalue weighted by atomic mass is 9.92. The summed E-state index contributed by atoms with van der Waals surface area (Å²) in [6.07, 6.45) is 9.91. The number of carbonyl (C=O) groups is 1. The number of nitrogens with zero attached hydrogens (tertiary/aromatic N) is 4. The minimum atomic E-state index is 0.159. The molecule has 0 radical (unpaired) electrons. The molecule has 1 aromatic heterocycles. The van der Waals surface area contributed by atoms with E-state index < -0.39 is 0 Å². The van der Waals surface area contributed by atoms with E-state index in [-0.39, 0.29) is 17.9 Å². The number of amides is 1.